The molecule has 1 amide bonds. The van der Waals surface area contributed by atoms with Gasteiger partial charge in [-0.05, 0) is 24.3 Å². The SMILES string of the molecule is Cl.O=C(CCS(=O)(=O)c1ccccc1)N(CCN1CCOCC1)c1nc2c(F)cccc2s1. The summed E-state index contributed by atoms with van der Waals surface area (Å²) in [7, 11) is -3.59. The van der Waals surface area contributed by atoms with Crippen LogP contribution in [-0.2, 0) is 19.4 Å². The first-order chi connectivity index (χ1) is 15.4. The van der Waals surface area contributed by atoms with Crippen molar-refractivity contribution >= 4 is 54.8 Å². The molecule has 1 aliphatic rings. The maximum absolute atomic E-state index is 14.2. The maximum atomic E-state index is 14.2. The Bertz CT molecular complexity index is 1180. The van der Waals surface area contributed by atoms with Crippen molar-refractivity contribution in [1.29, 1.82) is 0 Å². The Labute approximate surface area is 202 Å². The fourth-order valence-corrected chi connectivity index (χ4v) is 5.79. The Morgan fingerprint density at radius 2 is 1.85 bits per heavy atom. The van der Waals surface area contributed by atoms with Crippen LogP contribution < -0.4 is 4.90 Å². The maximum Gasteiger partial charge on any atom is 0.229 e. The Morgan fingerprint density at radius 1 is 1.12 bits per heavy atom. The molecule has 1 aliphatic heterocycles. The van der Waals surface area contributed by atoms with E-state index in [9.17, 15) is 17.6 Å². The molecule has 0 bridgehead atoms. The molecule has 1 fully saturated rings. The largest absolute Gasteiger partial charge is 0.379 e. The molecule has 178 valence electrons. The van der Waals surface area contributed by atoms with E-state index < -0.39 is 15.7 Å². The summed E-state index contributed by atoms with van der Waals surface area (Å²) in [6.45, 7) is 3.73. The van der Waals surface area contributed by atoms with Crippen LogP contribution in [0.1, 0.15) is 6.42 Å². The number of carbonyl (C=O) groups excluding carboxylic acids is 1. The summed E-state index contributed by atoms with van der Waals surface area (Å²) in [6.07, 6.45) is -0.182. The minimum atomic E-state index is -3.59. The van der Waals surface area contributed by atoms with E-state index in [1.54, 1.807) is 30.3 Å². The Hall–Kier alpha value is -2.11. The van der Waals surface area contributed by atoms with Crippen molar-refractivity contribution in [2.24, 2.45) is 0 Å². The third kappa shape index (κ3) is 6.27. The summed E-state index contributed by atoms with van der Waals surface area (Å²) in [5.74, 6) is -1.10. The second-order valence-corrected chi connectivity index (χ2v) is 10.6. The van der Waals surface area contributed by atoms with E-state index in [1.807, 2.05) is 0 Å². The number of rotatable bonds is 8. The van der Waals surface area contributed by atoms with Gasteiger partial charge in [0.2, 0.25) is 5.91 Å². The number of benzene rings is 2. The van der Waals surface area contributed by atoms with Gasteiger partial charge in [0.25, 0.3) is 0 Å². The summed E-state index contributed by atoms with van der Waals surface area (Å²) < 4.78 is 45.4. The summed E-state index contributed by atoms with van der Waals surface area (Å²) >= 11 is 1.23. The molecule has 1 saturated heterocycles. The molecule has 0 radical (unpaired) electrons. The minimum Gasteiger partial charge on any atom is -0.379 e. The van der Waals surface area contributed by atoms with E-state index in [2.05, 4.69) is 9.88 Å². The zero-order chi connectivity index (χ0) is 22.6. The fraction of sp³-hybridized carbons (Fsp3) is 0.364. The van der Waals surface area contributed by atoms with Gasteiger partial charge in [0.15, 0.2) is 15.0 Å². The number of para-hydroxylation sites is 1. The monoisotopic (exact) mass is 513 g/mol. The van der Waals surface area contributed by atoms with Crippen LogP contribution in [0.3, 0.4) is 0 Å². The molecule has 2 heterocycles. The number of thiazole rings is 1. The van der Waals surface area contributed by atoms with Crippen LogP contribution in [0.2, 0.25) is 0 Å². The second-order valence-electron chi connectivity index (χ2n) is 7.46. The van der Waals surface area contributed by atoms with Gasteiger partial charge < -0.3 is 4.74 Å². The van der Waals surface area contributed by atoms with E-state index in [1.165, 1.54) is 34.4 Å². The summed E-state index contributed by atoms with van der Waals surface area (Å²) in [5, 5.41) is 0.375. The lowest BCUT2D eigenvalue weighted by atomic mass is 10.3. The average Bonchev–Trinajstić information content (AvgIpc) is 3.24. The molecule has 33 heavy (non-hydrogen) atoms. The first-order valence-corrected chi connectivity index (χ1v) is 12.8. The van der Waals surface area contributed by atoms with E-state index in [-0.39, 0.29) is 40.9 Å². The number of hydrogen-bond acceptors (Lipinski definition) is 7. The smallest absolute Gasteiger partial charge is 0.229 e. The highest BCUT2D eigenvalue weighted by Crippen LogP contribution is 2.30. The molecule has 0 spiro atoms. The summed E-state index contributed by atoms with van der Waals surface area (Å²) in [5.41, 5.74) is 0.216. The van der Waals surface area contributed by atoms with Crippen LogP contribution in [0.4, 0.5) is 9.52 Å². The first-order valence-electron chi connectivity index (χ1n) is 10.4. The van der Waals surface area contributed by atoms with Crippen LogP contribution in [0.25, 0.3) is 10.2 Å². The van der Waals surface area contributed by atoms with Crippen molar-refractivity contribution in [3.63, 3.8) is 0 Å². The van der Waals surface area contributed by atoms with Gasteiger partial charge >= 0.3 is 0 Å². The number of halogens is 2. The lowest BCUT2D eigenvalue weighted by Gasteiger charge is -2.29. The number of carbonyl (C=O) groups is 1. The molecule has 0 unspecified atom stereocenters. The molecule has 3 aromatic rings. The molecule has 7 nitrogen and oxygen atoms in total. The van der Waals surface area contributed by atoms with Gasteiger partial charge in [0, 0.05) is 32.6 Å². The lowest BCUT2D eigenvalue weighted by Crippen LogP contribution is -2.43. The van der Waals surface area contributed by atoms with Crippen LogP contribution in [0.15, 0.2) is 53.4 Å². The van der Waals surface area contributed by atoms with Crippen LogP contribution >= 0.6 is 23.7 Å². The molecule has 0 N–H and O–H groups in total. The summed E-state index contributed by atoms with van der Waals surface area (Å²) in [4.78, 5) is 21.4. The van der Waals surface area contributed by atoms with E-state index >= 15 is 0 Å². The quantitative estimate of drug-likeness (QED) is 0.459. The van der Waals surface area contributed by atoms with Crippen LogP contribution in [-0.4, -0.2) is 69.4 Å². The number of sulfone groups is 1. The van der Waals surface area contributed by atoms with Gasteiger partial charge in [-0.25, -0.2) is 17.8 Å². The van der Waals surface area contributed by atoms with Crippen molar-refractivity contribution < 1.29 is 22.3 Å². The van der Waals surface area contributed by atoms with Gasteiger partial charge in [-0.15, -0.1) is 12.4 Å². The highest BCUT2D eigenvalue weighted by molar-refractivity contribution is 7.91. The van der Waals surface area contributed by atoms with Crippen LogP contribution in [0.5, 0.6) is 0 Å². The zero-order valence-corrected chi connectivity index (χ0v) is 20.3. The molecule has 2 aromatic carbocycles. The van der Waals surface area contributed by atoms with E-state index in [4.69, 9.17) is 4.74 Å². The normalized spacial score (nSPS) is 14.7. The van der Waals surface area contributed by atoms with Crippen molar-refractivity contribution in [2.45, 2.75) is 11.3 Å². The van der Waals surface area contributed by atoms with E-state index in [0.29, 0.717) is 36.1 Å². The Morgan fingerprint density at radius 3 is 2.55 bits per heavy atom. The molecule has 0 saturated carbocycles. The first kappa shape index (κ1) is 25.5. The number of nitrogens with zero attached hydrogens (tertiary/aromatic N) is 3. The second kappa shape index (κ2) is 11.3. The number of morpholine rings is 1. The highest BCUT2D eigenvalue weighted by Gasteiger charge is 2.24. The van der Waals surface area contributed by atoms with Crippen molar-refractivity contribution in [2.75, 3.05) is 50.0 Å². The fourth-order valence-electron chi connectivity index (χ4n) is 3.51. The molecular weight excluding hydrogens is 489 g/mol. The molecule has 0 atom stereocenters. The summed E-state index contributed by atoms with van der Waals surface area (Å²) in [6, 6.07) is 12.8. The minimum absolute atomic E-state index is 0. The zero-order valence-electron chi connectivity index (χ0n) is 17.9. The van der Waals surface area contributed by atoms with Crippen molar-refractivity contribution in [3.8, 4) is 0 Å². The number of anilines is 1. The van der Waals surface area contributed by atoms with Gasteiger partial charge in [-0.2, -0.15) is 0 Å². The number of aromatic nitrogens is 1. The average molecular weight is 514 g/mol. The van der Waals surface area contributed by atoms with E-state index in [0.717, 1.165) is 13.1 Å². The number of ether oxygens (including phenoxy) is 1. The molecule has 4 rings (SSSR count). The number of hydrogen-bond donors (Lipinski definition) is 0. The van der Waals surface area contributed by atoms with Gasteiger partial charge in [-0.1, -0.05) is 35.6 Å². The number of fused-ring (bicyclic) bond motifs is 1. The Kier molecular flexibility index (Phi) is 8.77. The van der Waals surface area contributed by atoms with Gasteiger partial charge in [0.05, 0.1) is 28.6 Å². The van der Waals surface area contributed by atoms with Crippen molar-refractivity contribution in [1.82, 2.24) is 9.88 Å². The van der Waals surface area contributed by atoms with Crippen molar-refractivity contribution in [3.05, 3.63) is 54.3 Å². The molecule has 1 aromatic heterocycles. The third-order valence-electron chi connectivity index (χ3n) is 5.32. The predicted molar refractivity (Wildman–Crippen MR) is 130 cm³/mol. The topological polar surface area (TPSA) is 79.8 Å². The molecule has 11 heteroatoms. The van der Waals surface area contributed by atoms with Gasteiger partial charge in [0.1, 0.15) is 11.3 Å². The Balaban J connectivity index is 0.00000306. The standard InChI is InChI=1S/C22H24FN3O4S2.ClH/c23-18-7-4-8-19-21(18)24-22(31-19)26(11-10-25-12-14-30-15-13-25)20(27)9-16-32(28,29)17-5-2-1-3-6-17;/h1-8H,9-16H2;1H. The van der Waals surface area contributed by atoms with Gasteiger partial charge in [-0.3, -0.25) is 14.6 Å². The number of amides is 1. The predicted octanol–water partition coefficient (Wildman–Crippen LogP) is 3.39. The molecule has 0 aliphatic carbocycles. The lowest BCUT2D eigenvalue weighted by molar-refractivity contribution is -0.118. The molecular formula is C22H25ClFN3O4S2. The van der Waals surface area contributed by atoms with Crippen LogP contribution in [0, 0.1) is 5.82 Å². The highest BCUT2D eigenvalue weighted by atomic mass is 35.5. The third-order valence-corrected chi connectivity index (χ3v) is 8.10.